The van der Waals surface area contributed by atoms with Gasteiger partial charge in [-0.05, 0) is 62.9 Å². The second kappa shape index (κ2) is 6.40. The highest BCUT2D eigenvalue weighted by Crippen LogP contribution is 2.42. The molecule has 2 aromatic carbocycles. The predicted molar refractivity (Wildman–Crippen MR) is 104 cm³/mol. The molecule has 1 saturated carbocycles. The summed E-state index contributed by atoms with van der Waals surface area (Å²) in [6.07, 6.45) is 3.63. The highest BCUT2D eigenvalue weighted by molar-refractivity contribution is 7.82. The first-order valence-corrected chi connectivity index (χ1v) is 9.22. The average molecular weight is 366 g/mol. The summed E-state index contributed by atoms with van der Waals surface area (Å²) in [5.41, 5.74) is 2.61. The molecule has 1 aliphatic carbocycles. The molecule has 1 aliphatic heterocycles. The van der Waals surface area contributed by atoms with Gasteiger partial charge in [-0.2, -0.15) is 0 Å². The molecule has 2 aliphatic rings. The highest BCUT2D eigenvalue weighted by Gasteiger charge is 2.50. The topological polar surface area (TPSA) is 32.7 Å². The molecule has 4 rings (SSSR count). The number of carbonyl (C=O) groups excluding carboxylic acids is 1. The molecule has 26 heavy (non-hydrogen) atoms. The Morgan fingerprint density at radius 1 is 1.15 bits per heavy atom. The molecule has 2 aromatic rings. The molecule has 1 amide bonds. The lowest BCUT2D eigenvalue weighted by molar-refractivity contribution is 0.0724. The van der Waals surface area contributed by atoms with E-state index in [0.717, 1.165) is 36.8 Å². The molecule has 0 N–H and O–H groups in total. The Morgan fingerprint density at radius 2 is 1.85 bits per heavy atom. The third kappa shape index (κ3) is 2.76. The second-order valence-corrected chi connectivity index (χ2v) is 7.36. The fourth-order valence-electron chi connectivity index (χ4n) is 3.86. The predicted octanol–water partition coefficient (Wildman–Crippen LogP) is 4.68. The maximum atomic E-state index is 13.2. The molecule has 0 radical (unpaired) electrons. The fraction of sp³-hybridized carbons (Fsp3) is 0.286. The first kappa shape index (κ1) is 17.0. The number of hydrogen-bond donors (Lipinski definition) is 0. The lowest BCUT2D eigenvalue weighted by Gasteiger charge is -2.32. The lowest BCUT2D eigenvalue weighted by atomic mass is 10.1. The van der Waals surface area contributed by atoms with Gasteiger partial charge in [0, 0.05) is 11.1 Å². The molecular formula is C21H19FN2OS. The van der Waals surface area contributed by atoms with Crippen molar-refractivity contribution in [2.75, 3.05) is 0 Å². The van der Waals surface area contributed by atoms with Crippen LogP contribution in [0.2, 0.25) is 0 Å². The van der Waals surface area contributed by atoms with Crippen molar-refractivity contribution in [1.29, 1.82) is 0 Å². The van der Waals surface area contributed by atoms with E-state index in [1.165, 1.54) is 24.3 Å². The van der Waals surface area contributed by atoms with E-state index in [0.29, 0.717) is 16.3 Å². The molecule has 0 bridgehead atoms. The van der Waals surface area contributed by atoms with Gasteiger partial charge in [0.1, 0.15) is 22.2 Å². The van der Waals surface area contributed by atoms with Gasteiger partial charge in [0.2, 0.25) is 0 Å². The summed E-state index contributed by atoms with van der Waals surface area (Å²) < 4.78 is 13.2. The number of carbonyl (C=O) groups is 1. The van der Waals surface area contributed by atoms with Crippen molar-refractivity contribution in [1.82, 2.24) is 4.90 Å². The Kier molecular flexibility index (Phi) is 4.19. The number of rotatable bonds is 2. The summed E-state index contributed by atoms with van der Waals surface area (Å²) in [6.45, 7) is 2.02. The fourth-order valence-corrected chi connectivity index (χ4v) is 4.28. The van der Waals surface area contributed by atoms with Crippen molar-refractivity contribution < 1.29 is 9.18 Å². The van der Waals surface area contributed by atoms with Gasteiger partial charge >= 0.3 is 0 Å². The van der Waals surface area contributed by atoms with Crippen molar-refractivity contribution in [3.8, 4) is 0 Å². The summed E-state index contributed by atoms with van der Waals surface area (Å²) in [4.78, 5) is 20.3. The molecular weight excluding hydrogens is 347 g/mol. The molecule has 132 valence electrons. The van der Waals surface area contributed by atoms with Gasteiger partial charge in [-0.15, -0.1) is 0 Å². The Bertz CT molecular complexity index is 914. The Morgan fingerprint density at radius 3 is 2.50 bits per heavy atom. The largest absolute Gasteiger partial charge is 0.271 e. The highest BCUT2D eigenvalue weighted by atomic mass is 32.1. The van der Waals surface area contributed by atoms with Crippen molar-refractivity contribution in [3.63, 3.8) is 0 Å². The maximum absolute atomic E-state index is 13.2. The van der Waals surface area contributed by atoms with Gasteiger partial charge in [-0.25, -0.2) is 4.39 Å². The Hall–Kier alpha value is -2.40. The van der Waals surface area contributed by atoms with E-state index in [1.807, 2.05) is 31.2 Å². The summed E-state index contributed by atoms with van der Waals surface area (Å²) in [7, 11) is 0. The summed E-state index contributed by atoms with van der Waals surface area (Å²) in [6, 6.07) is 13.6. The van der Waals surface area contributed by atoms with E-state index in [2.05, 4.69) is 0 Å². The van der Waals surface area contributed by atoms with Gasteiger partial charge < -0.3 is 0 Å². The van der Waals surface area contributed by atoms with Crippen LogP contribution in [0.4, 0.5) is 4.39 Å². The quantitative estimate of drug-likeness (QED) is 0.723. The molecule has 5 heteroatoms. The third-order valence-corrected chi connectivity index (χ3v) is 5.51. The van der Waals surface area contributed by atoms with Crippen LogP contribution in [0, 0.1) is 12.7 Å². The first-order valence-electron chi connectivity index (χ1n) is 8.82. The molecule has 1 spiro atoms. The minimum Gasteiger partial charge on any atom is -0.271 e. The monoisotopic (exact) mass is 366 g/mol. The first-order chi connectivity index (χ1) is 12.5. The molecule has 3 nitrogen and oxygen atoms in total. The summed E-state index contributed by atoms with van der Waals surface area (Å²) in [5, 5.41) is 0. The van der Waals surface area contributed by atoms with Crippen molar-refractivity contribution in [3.05, 3.63) is 71.0 Å². The Labute approximate surface area is 157 Å². The maximum Gasteiger partial charge on any atom is 0.260 e. The number of aliphatic imine (C=N–C) groups is 1. The standard InChI is InChI=1S/C21H19FN2OS/c1-14-5-4-6-16(13-14)18-20(26)24(21(23-18)11-2-3-12-21)19(25)15-7-9-17(22)10-8-15/h4-10,13H,2-3,11-12H2,1H3. The number of nitrogens with zero attached hydrogens (tertiary/aromatic N) is 2. The average Bonchev–Trinajstić information content (AvgIpc) is 3.20. The van der Waals surface area contributed by atoms with E-state index in [4.69, 9.17) is 17.2 Å². The van der Waals surface area contributed by atoms with E-state index in [9.17, 15) is 9.18 Å². The van der Waals surface area contributed by atoms with Gasteiger partial charge in [0.05, 0.1) is 0 Å². The van der Waals surface area contributed by atoms with E-state index in [-0.39, 0.29) is 11.7 Å². The van der Waals surface area contributed by atoms with Gasteiger partial charge in [-0.1, -0.05) is 36.0 Å². The van der Waals surface area contributed by atoms with E-state index in [1.54, 1.807) is 4.90 Å². The van der Waals surface area contributed by atoms with Crippen LogP contribution in [-0.4, -0.2) is 27.2 Å². The van der Waals surface area contributed by atoms with Gasteiger partial charge in [-0.3, -0.25) is 14.7 Å². The number of aryl methyl sites for hydroxylation is 1. The molecule has 0 aromatic heterocycles. The van der Waals surface area contributed by atoms with Gasteiger partial charge in [0.15, 0.2) is 0 Å². The SMILES string of the molecule is Cc1cccc(C2=NC3(CCCC3)N(C(=O)c3ccc(F)cc3)C2=S)c1. The van der Waals surface area contributed by atoms with Crippen molar-refractivity contribution in [2.24, 2.45) is 4.99 Å². The second-order valence-electron chi connectivity index (χ2n) is 6.97. The van der Waals surface area contributed by atoms with Gasteiger partial charge in [0.25, 0.3) is 5.91 Å². The minimum absolute atomic E-state index is 0.205. The van der Waals surface area contributed by atoms with E-state index < -0.39 is 5.66 Å². The number of benzene rings is 2. The number of hydrogen-bond acceptors (Lipinski definition) is 3. The molecule has 0 atom stereocenters. The van der Waals surface area contributed by atoms with Crippen LogP contribution >= 0.6 is 12.2 Å². The molecule has 0 saturated heterocycles. The zero-order chi connectivity index (χ0) is 18.3. The smallest absolute Gasteiger partial charge is 0.260 e. The normalized spacial score (nSPS) is 18.5. The van der Waals surface area contributed by atoms with Crippen molar-refractivity contribution in [2.45, 2.75) is 38.3 Å². The minimum atomic E-state index is -0.596. The van der Waals surface area contributed by atoms with Crippen LogP contribution < -0.4 is 0 Å². The van der Waals surface area contributed by atoms with Crippen LogP contribution in [0.3, 0.4) is 0 Å². The van der Waals surface area contributed by atoms with E-state index >= 15 is 0 Å². The molecule has 0 unspecified atom stereocenters. The Balaban J connectivity index is 1.76. The van der Waals surface area contributed by atoms with Crippen LogP contribution in [0.15, 0.2) is 53.5 Å². The van der Waals surface area contributed by atoms with Crippen LogP contribution in [0.5, 0.6) is 0 Å². The summed E-state index contributed by atoms with van der Waals surface area (Å²) in [5.74, 6) is -0.568. The van der Waals surface area contributed by atoms with Crippen LogP contribution in [-0.2, 0) is 0 Å². The number of thiocarbonyl (C=S) groups is 1. The number of halogens is 1. The van der Waals surface area contributed by atoms with Crippen LogP contribution in [0.25, 0.3) is 0 Å². The lowest BCUT2D eigenvalue weighted by Crippen LogP contribution is -2.48. The number of amides is 1. The zero-order valence-corrected chi connectivity index (χ0v) is 15.4. The zero-order valence-electron chi connectivity index (χ0n) is 14.5. The van der Waals surface area contributed by atoms with Crippen molar-refractivity contribution >= 4 is 28.8 Å². The van der Waals surface area contributed by atoms with Crippen LogP contribution in [0.1, 0.15) is 47.2 Å². The molecule has 1 heterocycles. The third-order valence-electron chi connectivity index (χ3n) is 5.13. The summed E-state index contributed by atoms with van der Waals surface area (Å²) >= 11 is 5.70. The molecule has 1 fully saturated rings.